The zero-order valence-electron chi connectivity index (χ0n) is 13.6. The minimum atomic E-state index is -4.41. The predicted octanol–water partition coefficient (Wildman–Crippen LogP) is 3.28. The van der Waals surface area contributed by atoms with Crippen LogP contribution in [0.1, 0.15) is 10.4 Å². The average molecular weight is 403 g/mol. The number of alkyl halides is 3. The van der Waals surface area contributed by atoms with Gasteiger partial charge in [0.05, 0.1) is 6.20 Å². The van der Waals surface area contributed by atoms with Gasteiger partial charge in [-0.1, -0.05) is 41.7 Å². The number of hydrogen-bond acceptors (Lipinski definition) is 5. The van der Waals surface area contributed by atoms with Crippen molar-refractivity contribution in [1.82, 2.24) is 9.29 Å². The molecule has 10 heteroatoms. The lowest BCUT2D eigenvalue weighted by atomic mass is 10.2. The predicted molar refractivity (Wildman–Crippen MR) is 95.3 cm³/mol. The topological polar surface area (TPSA) is 53.5 Å². The summed E-state index contributed by atoms with van der Waals surface area (Å²) in [4.78, 5) is 4.73. The minimum absolute atomic E-state index is 0.197. The molecular weight excluding hydrogens is 387 g/mol. The van der Waals surface area contributed by atoms with Gasteiger partial charge in [0, 0.05) is 31.6 Å². The van der Waals surface area contributed by atoms with E-state index in [1.54, 1.807) is 17.0 Å². The van der Waals surface area contributed by atoms with E-state index in [9.17, 15) is 21.6 Å². The Labute approximate surface area is 153 Å². The molecule has 0 atom stereocenters. The Morgan fingerprint density at radius 3 is 2.31 bits per heavy atom. The van der Waals surface area contributed by atoms with Crippen LogP contribution in [0, 0.1) is 0 Å². The van der Waals surface area contributed by atoms with Crippen molar-refractivity contribution >= 4 is 32.6 Å². The number of hydrogen-bond donors (Lipinski definition) is 0. The summed E-state index contributed by atoms with van der Waals surface area (Å²) in [6.07, 6.45) is -2.08. The maximum atomic E-state index is 12.7. The van der Waals surface area contributed by atoms with Crippen LogP contribution in [0.25, 0.3) is 6.08 Å². The highest BCUT2D eigenvalue weighted by Gasteiger charge is 2.34. The van der Waals surface area contributed by atoms with Crippen molar-refractivity contribution in [3.8, 4) is 0 Å². The van der Waals surface area contributed by atoms with Gasteiger partial charge in [0.25, 0.3) is 0 Å². The minimum Gasteiger partial charge on any atom is -0.345 e. The number of sulfonamides is 1. The third kappa shape index (κ3) is 4.43. The molecule has 2 aromatic rings. The molecule has 0 radical (unpaired) electrons. The molecule has 1 aliphatic heterocycles. The maximum Gasteiger partial charge on any atom is 0.427 e. The summed E-state index contributed by atoms with van der Waals surface area (Å²) in [5, 5.41) is 1.41. The van der Waals surface area contributed by atoms with Gasteiger partial charge < -0.3 is 4.90 Å². The smallest absolute Gasteiger partial charge is 0.345 e. The molecule has 1 aliphatic rings. The molecule has 0 unspecified atom stereocenters. The summed E-state index contributed by atoms with van der Waals surface area (Å²) in [6, 6.07) is 9.06. The summed E-state index contributed by atoms with van der Waals surface area (Å²) in [5.41, 5.74) is 0.775. The number of nitrogens with zero attached hydrogens (tertiary/aromatic N) is 3. The number of aromatic nitrogens is 1. The fourth-order valence-corrected chi connectivity index (χ4v) is 4.50. The quantitative estimate of drug-likeness (QED) is 0.786. The zero-order chi connectivity index (χ0) is 18.8. The number of benzene rings is 1. The fraction of sp³-hybridized carbons (Fsp3) is 0.312. The molecule has 1 fully saturated rings. The summed E-state index contributed by atoms with van der Waals surface area (Å²) in [7, 11) is -3.58. The van der Waals surface area contributed by atoms with E-state index in [1.807, 2.05) is 18.2 Å². The molecule has 0 bridgehead atoms. The molecule has 140 valence electrons. The van der Waals surface area contributed by atoms with Gasteiger partial charge >= 0.3 is 6.18 Å². The number of anilines is 1. The van der Waals surface area contributed by atoms with Crippen LogP contribution >= 0.6 is 11.3 Å². The highest BCUT2D eigenvalue weighted by molar-refractivity contribution is 7.92. The highest BCUT2D eigenvalue weighted by Crippen LogP contribution is 2.36. The third-order valence-corrected chi connectivity index (χ3v) is 6.54. The van der Waals surface area contributed by atoms with Crippen molar-refractivity contribution in [2.75, 3.05) is 31.1 Å². The van der Waals surface area contributed by atoms with Crippen LogP contribution in [0.3, 0.4) is 0 Å². The van der Waals surface area contributed by atoms with Gasteiger partial charge in [-0.15, -0.1) is 0 Å². The second-order valence-corrected chi connectivity index (χ2v) is 8.48. The molecule has 0 spiro atoms. The second kappa shape index (κ2) is 7.37. The first-order valence-electron chi connectivity index (χ1n) is 7.77. The van der Waals surface area contributed by atoms with Crippen molar-refractivity contribution < 1.29 is 21.6 Å². The summed E-state index contributed by atoms with van der Waals surface area (Å²) in [5.74, 6) is 0. The molecule has 1 aromatic carbocycles. The molecule has 0 amide bonds. The van der Waals surface area contributed by atoms with Crippen LogP contribution in [0.5, 0.6) is 0 Å². The standard InChI is InChI=1S/C16H16F3N3O2S2/c17-16(18,19)14-12-20-15(25-14)21-7-9-22(10-8-21)26(23,24)11-6-13-4-2-1-3-5-13/h1-6,11-12H,7-10H2/b11-6+. The zero-order valence-corrected chi connectivity index (χ0v) is 15.2. The van der Waals surface area contributed by atoms with Crippen LogP contribution in [0.2, 0.25) is 0 Å². The van der Waals surface area contributed by atoms with Gasteiger partial charge in [-0.05, 0) is 11.6 Å². The van der Waals surface area contributed by atoms with E-state index in [-0.39, 0.29) is 18.2 Å². The monoisotopic (exact) mass is 403 g/mol. The highest BCUT2D eigenvalue weighted by atomic mass is 32.2. The van der Waals surface area contributed by atoms with Crippen LogP contribution in [-0.4, -0.2) is 43.9 Å². The molecule has 1 aromatic heterocycles. The van der Waals surface area contributed by atoms with Crippen LogP contribution < -0.4 is 4.90 Å². The maximum absolute atomic E-state index is 12.7. The van der Waals surface area contributed by atoms with E-state index in [1.165, 1.54) is 10.4 Å². The van der Waals surface area contributed by atoms with Gasteiger partial charge in [-0.3, -0.25) is 0 Å². The van der Waals surface area contributed by atoms with Crippen LogP contribution in [-0.2, 0) is 16.2 Å². The molecule has 26 heavy (non-hydrogen) atoms. The number of halogens is 3. The van der Waals surface area contributed by atoms with E-state index in [0.29, 0.717) is 24.4 Å². The fourth-order valence-electron chi connectivity index (χ4n) is 2.49. The molecule has 1 saturated heterocycles. The van der Waals surface area contributed by atoms with Gasteiger partial charge in [-0.2, -0.15) is 17.5 Å². The lowest BCUT2D eigenvalue weighted by Crippen LogP contribution is -2.48. The SMILES string of the molecule is O=S(=O)(/C=C/c1ccccc1)N1CCN(c2ncc(C(F)(F)F)s2)CC1. The molecule has 2 heterocycles. The molecule has 0 N–H and O–H groups in total. The third-order valence-electron chi connectivity index (χ3n) is 3.87. The van der Waals surface area contributed by atoms with Crippen molar-refractivity contribution in [3.63, 3.8) is 0 Å². The number of thiazole rings is 1. The Balaban J connectivity index is 1.62. The average Bonchev–Trinajstić information content (AvgIpc) is 3.12. The summed E-state index contributed by atoms with van der Waals surface area (Å²) >= 11 is 0.570. The first-order chi connectivity index (χ1) is 12.3. The largest absolute Gasteiger partial charge is 0.427 e. The molecular formula is C16H16F3N3O2S2. The summed E-state index contributed by atoms with van der Waals surface area (Å²) in [6.45, 7) is 0.983. The second-order valence-electron chi connectivity index (χ2n) is 5.65. The Morgan fingerprint density at radius 2 is 1.73 bits per heavy atom. The lowest BCUT2D eigenvalue weighted by molar-refractivity contribution is -0.134. The number of piperazine rings is 1. The van der Waals surface area contributed by atoms with Crippen molar-refractivity contribution in [3.05, 3.63) is 52.4 Å². The van der Waals surface area contributed by atoms with Crippen LogP contribution in [0.4, 0.5) is 18.3 Å². The molecule has 0 aliphatic carbocycles. The Kier molecular flexibility index (Phi) is 5.35. The van der Waals surface area contributed by atoms with Crippen molar-refractivity contribution in [2.24, 2.45) is 0 Å². The Bertz CT molecular complexity index is 872. The van der Waals surface area contributed by atoms with E-state index < -0.39 is 21.1 Å². The Morgan fingerprint density at radius 1 is 1.08 bits per heavy atom. The van der Waals surface area contributed by atoms with Gasteiger partial charge in [0.2, 0.25) is 10.0 Å². The van der Waals surface area contributed by atoms with E-state index in [0.717, 1.165) is 17.2 Å². The van der Waals surface area contributed by atoms with Gasteiger partial charge in [-0.25, -0.2) is 13.4 Å². The molecule has 5 nitrogen and oxygen atoms in total. The van der Waals surface area contributed by atoms with Crippen molar-refractivity contribution in [1.29, 1.82) is 0 Å². The molecule has 0 saturated carbocycles. The van der Waals surface area contributed by atoms with Gasteiger partial charge in [0.1, 0.15) is 4.88 Å². The van der Waals surface area contributed by atoms with Gasteiger partial charge in [0.15, 0.2) is 5.13 Å². The van der Waals surface area contributed by atoms with Crippen LogP contribution in [0.15, 0.2) is 41.9 Å². The van der Waals surface area contributed by atoms with E-state index in [2.05, 4.69) is 4.98 Å². The number of rotatable bonds is 4. The Hall–Kier alpha value is -1.91. The first-order valence-corrected chi connectivity index (χ1v) is 10.1. The lowest BCUT2D eigenvalue weighted by Gasteiger charge is -2.33. The summed E-state index contributed by atoms with van der Waals surface area (Å²) < 4.78 is 64.1. The normalized spacial score (nSPS) is 17.1. The van der Waals surface area contributed by atoms with Crippen molar-refractivity contribution in [2.45, 2.75) is 6.18 Å². The first kappa shape index (κ1) is 18.9. The van der Waals surface area contributed by atoms with E-state index in [4.69, 9.17) is 0 Å². The van der Waals surface area contributed by atoms with E-state index >= 15 is 0 Å². The molecule has 3 rings (SSSR count).